The van der Waals surface area contributed by atoms with Gasteiger partial charge in [-0.15, -0.1) is 0 Å². The van der Waals surface area contributed by atoms with Crippen molar-refractivity contribution in [2.45, 2.75) is 45.6 Å². The van der Waals surface area contributed by atoms with Gasteiger partial charge in [0.25, 0.3) is 6.01 Å². The summed E-state index contributed by atoms with van der Waals surface area (Å²) < 4.78 is 5.74. The van der Waals surface area contributed by atoms with Gasteiger partial charge in [0.2, 0.25) is 0 Å². The summed E-state index contributed by atoms with van der Waals surface area (Å²) >= 11 is 0. The van der Waals surface area contributed by atoms with E-state index in [1.165, 1.54) is 25.7 Å². The molecular weight excluding hydrogens is 238 g/mol. The molecule has 4 heteroatoms. The molecule has 2 aromatic rings. The van der Waals surface area contributed by atoms with E-state index >= 15 is 0 Å². The Morgan fingerprint density at radius 2 is 2.21 bits per heavy atom. The van der Waals surface area contributed by atoms with Crippen molar-refractivity contribution in [1.29, 1.82) is 0 Å². The lowest BCUT2D eigenvalue weighted by molar-refractivity contribution is 0.214. The number of aromatic nitrogens is 1. The smallest absolute Gasteiger partial charge is 0.295 e. The SMILES string of the molecule is CC1(C)CCCCC1Nc1nc2cc(N)ccc2o1. The molecule has 3 rings (SSSR count). The van der Waals surface area contributed by atoms with Crippen molar-refractivity contribution in [1.82, 2.24) is 4.98 Å². The van der Waals surface area contributed by atoms with Gasteiger partial charge in [-0.1, -0.05) is 26.7 Å². The fourth-order valence-corrected chi connectivity index (χ4v) is 2.92. The highest BCUT2D eigenvalue weighted by atomic mass is 16.4. The number of nitrogens with one attached hydrogen (secondary N) is 1. The van der Waals surface area contributed by atoms with Crippen LogP contribution in [-0.4, -0.2) is 11.0 Å². The second-order valence-corrected chi connectivity index (χ2v) is 6.18. The highest BCUT2D eigenvalue weighted by Gasteiger charge is 2.32. The van der Waals surface area contributed by atoms with Crippen molar-refractivity contribution in [2.24, 2.45) is 5.41 Å². The minimum absolute atomic E-state index is 0.290. The minimum Gasteiger partial charge on any atom is -0.424 e. The molecule has 19 heavy (non-hydrogen) atoms. The number of rotatable bonds is 2. The molecule has 0 bridgehead atoms. The quantitative estimate of drug-likeness (QED) is 0.805. The summed E-state index contributed by atoms with van der Waals surface area (Å²) in [5.74, 6) is 0. The van der Waals surface area contributed by atoms with Crippen LogP contribution in [-0.2, 0) is 0 Å². The fraction of sp³-hybridized carbons (Fsp3) is 0.533. The summed E-state index contributed by atoms with van der Waals surface area (Å²) in [5, 5.41) is 3.46. The van der Waals surface area contributed by atoms with Gasteiger partial charge in [0, 0.05) is 11.7 Å². The van der Waals surface area contributed by atoms with Crippen molar-refractivity contribution in [3.8, 4) is 0 Å². The molecule has 1 aliphatic carbocycles. The normalized spacial score (nSPS) is 22.5. The summed E-state index contributed by atoms with van der Waals surface area (Å²) in [6.45, 7) is 4.62. The third kappa shape index (κ3) is 2.39. The van der Waals surface area contributed by atoms with Crippen LogP contribution in [0.2, 0.25) is 0 Å². The fourth-order valence-electron chi connectivity index (χ4n) is 2.92. The number of benzene rings is 1. The van der Waals surface area contributed by atoms with E-state index in [9.17, 15) is 0 Å². The summed E-state index contributed by atoms with van der Waals surface area (Å²) in [6, 6.07) is 6.58. The average Bonchev–Trinajstić information content (AvgIpc) is 2.73. The van der Waals surface area contributed by atoms with Crippen molar-refractivity contribution >= 4 is 22.8 Å². The van der Waals surface area contributed by atoms with Crippen LogP contribution in [0.1, 0.15) is 39.5 Å². The highest BCUT2D eigenvalue weighted by molar-refractivity contribution is 5.78. The molecule has 1 aromatic carbocycles. The molecule has 1 aromatic heterocycles. The van der Waals surface area contributed by atoms with E-state index in [2.05, 4.69) is 24.1 Å². The van der Waals surface area contributed by atoms with Crippen LogP contribution in [0.5, 0.6) is 0 Å². The second-order valence-electron chi connectivity index (χ2n) is 6.18. The van der Waals surface area contributed by atoms with Crippen molar-refractivity contribution < 1.29 is 4.42 Å². The number of oxazole rings is 1. The lowest BCUT2D eigenvalue weighted by Crippen LogP contribution is -2.38. The molecule has 102 valence electrons. The number of nitrogens with two attached hydrogens (primary N) is 1. The Kier molecular flexibility index (Phi) is 2.88. The maximum atomic E-state index is 5.76. The van der Waals surface area contributed by atoms with Crippen LogP contribution in [0.3, 0.4) is 0 Å². The van der Waals surface area contributed by atoms with Gasteiger partial charge in [-0.05, 0) is 36.5 Å². The van der Waals surface area contributed by atoms with Gasteiger partial charge < -0.3 is 15.5 Å². The Morgan fingerprint density at radius 3 is 3.00 bits per heavy atom. The van der Waals surface area contributed by atoms with Gasteiger partial charge in [0.15, 0.2) is 5.58 Å². The summed E-state index contributed by atoms with van der Waals surface area (Å²) in [6.07, 6.45) is 5.01. The molecule has 3 N–H and O–H groups in total. The molecule has 0 amide bonds. The number of hydrogen-bond acceptors (Lipinski definition) is 4. The molecule has 1 fully saturated rings. The van der Waals surface area contributed by atoms with Gasteiger partial charge in [-0.2, -0.15) is 4.98 Å². The zero-order chi connectivity index (χ0) is 13.5. The van der Waals surface area contributed by atoms with E-state index in [0.717, 1.165) is 11.1 Å². The molecule has 1 atom stereocenters. The first kappa shape index (κ1) is 12.3. The van der Waals surface area contributed by atoms with Crippen LogP contribution in [0.4, 0.5) is 11.7 Å². The lowest BCUT2D eigenvalue weighted by atomic mass is 9.73. The number of nitrogens with zero attached hydrogens (tertiary/aromatic N) is 1. The first-order valence-corrected chi connectivity index (χ1v) is 6.97. The topological polar surface area (TPSA) is 64.1 Å². The molecule has 1 saturated carbocycles. The third-order valence-corrected chi connectivity index (χ3v) is 4.22. The number of fused-ring (bicyclic) bond motifs is 1. The van der Waals surface area contributed by atoms with E-state index in [1.807, 2.05) is 18.2 Å². The Labute approximate surface area is 113 Å². The Balaban J connectivity index is 1.84. The standard InChI is InChI=1S/C15H21N3O/c1-15(2)8-4-3-5-13(15)18-14-17-11-9-10(16)6-7-12(11)19-14/h6-7,9,13H,3-5,8,16H2,1-2H3,(H,17,18). The molecule has 4 nitrogen and oxygen atoms in total. The predicted octanol–water partition coefficient (Wildman–Crippen LogP) is 3.79. The average molecular weight is 259 g/mol. The van der Waals surface area contributed by atoms with Gasteiger partial charge in [0.1, 0.15) is 5.52 Å². The van der Waals surface area contributed by atoms with E-state index in [0.29, 0.717) is 17.7 Å². The van der Waals surface area contributed by atoms with Crippen LogP contribution in [0.25, 0.3) is 11.1 Å². The van der Waals surface area contributed by atoms with Crippen LogP contribution >= 0.6 is 0 Å². The maximum absolute atomic E-state index is 5.76. The van der Waals surface area contributed by atoms with Crippen molar-refractivity contribution in [3.05, 3.63) is 18.2 Å². The molecule has 0 saturated heterocycles. The summed E-state index contributed by atoms with van der Waals surface area (Å²) in [7, 11) is 0. The molecule has 0 radical (unpaired) electrons. The molecule has 0 aliphatic heterocycles. The number of hydrogen-bond donors (Lipinski definition) is 2. The number of anilines is 2. The molecule has 1 unspecified atom stereocenters. The lowest BCUT2D eigenvalue weighted by Gasteiger charge is -2.38. The molecular formula is C15H21N3O. The highest BCUT2D eigenvalue weighted by Crippen LogP contribution is 2.37. The zero-order valence-electron chi connectivity index (χ0n) is 11.6. The second kappa shape index (κ2) is 4.44. The van der Waals surface area contributed by atoms with Gasteiger partial charge in [0.05, 0.1) is 0 Å². The molecule has 0 spiro atoms. The number of nitrogen functional groups attached to an aromatic ring is 1. The van der Waals surface area contributed by atoms with E-state index < -0.39 is 0 Å². The third-order valence-electron chi connectivity index (χ3n) is 4.22. The Morgan fingerprint density at radius 1 is 1.37 bits per heavy atom. The largest absolute Gasteiger partial charge is 0.424 e. The maximum Gasteiger partial charge on any atom is 0.295 e. The molecule has 1 aliphatic rings. The van der Waals surface area contributed by atoms with Crippen molar-refractivity contribution in [3.63, 3.8) is 0 Å². The van der Waals surface area contributed by atoms with Gasteiger partial charge >= 0.3 is 0 Å². The van der Waals surface area contributed by atoms with E-state index in [4.69, 9.17) is 10.2 Å². The summed E-state index contributed by atoms with van der Waals surface area (Å²) in [4.78, 5) is 4.48. The monoisotopic (exact) mass is 259 g/mol. The predicted molar refractivity (Wildman–Crippen MR) is 78.1 cm³/mol. The minimum atomic E-state index is 0.290. The first-order valence-electron chi connectivity index (χ1n) is 6.97. The first-order chi connectivity index (χ1) is 9.04. The van der Waals surface area contributed by atoms with Crippen molar-refractivity contribution in [2.75, 3.05) is 11.1 Å². The molecule has 1 heterocycles. The van der Waals surface area contributed by atoms with Gasteiger partial charge in [-0.25, -0.2) is 0 Å². The zero-order valence-corrected chi connectivity index (χ0v) is 11.6. The Bertz CT molecular complexity index is 588. The van der Waals surface area contributed by atoms with E-state index in [1.54, 1.807) is 0 Å². The van der Waals surface area contributed by atoms with Crippen LogP contribution in [0, 0.1) is 5.41 Å². The van der Waals surface area contributed by atoms with Gasteiger partial charge in [-0.3, -0.25) is 0 Å². The summed E-state index contributed by atoms with van der Waals surface area (Å²) in [5.41, 5.74) is 8.36. The Hall–Kier alpha value is -1.71. The van der Waals surface area contributed by atoms with Crippen LogP contribution in [0.15, 0.2) is 22.6 Å². The van der Waals surface area contributed by atoms with Crippen LogP contribution < -0.4 is 11.1 Å². The van der Waals surface area contributed by atoms with E-state index in [-0.39, 0.29) is 5.41 Å².